The maximum atomic E-state index is 11.0. The second kappa shape index (κ2) is 4.62. The van der Waals surface area contributed by atoms with Crippen LogP contribution in [0.4, 0.5) is 5.69 Å². The van der Waals surface area contributed by atoms with Gasteiger partial charge >= 0.3 is 0 Å². The molecule has 0 saturated heterocycles. The zero-order chi connectivity index (χ0) is 10.6. The van der Waals surface area contributed by atoms with Crippen LogP contribution >= 0.6 is 11.6 Å². The average molecular weight is 212 g/mol. The predicted octanol–water partition coefficient (Wildman–Crippen LogP) is 1.34. The number of carbonyl (C=O) groups excluding carboxylic acids is 1. The summed E-state index contributed by atoms with van der Waals surface area (Å²) >= 11 is 5.57. The highest BCUT2D eigenvalue weighted by Gasteiger charge is 2.06. The molecule has 0 aromatic carbocycles. The van der Waals surface area contributed by atoms with E-state index in [0.717, 1.165) is 0 Å². The molecular weight excluding hydrogens is 202 g/mol. The summed E-state index contributed by atoms with van der Waals surface area (Å²) in [5, 5.41) is 3.38. The smallest absolute Gasteiger partial charge is 0.252 e. The van der Waals surface area contributed by atoms with E-state index in [1.54, 1.807) is 12.3 Å². The number of anilines is 1. The Kier molecular flexibility index (Phi) is 3.48. The van der Waals surface area contributed by atoms with Crippen LogP contribution in [0.25, 0.3) is 0 Å². The number of hydrogen-bond acceptors (Lipinski definition) is 3. The number of carbonyl (C=O) groups is 1. The Morgan fingerprint density at radius 3 is 3.00 bits per heavy atom. The third kappa shape index (κ3) is 2.74. The highest BCUT2D eigenvalue weighted by atomic mass is 35.5. The topological polar surface area (TPSA) is 68.0 Å². The first-order chi connectivity index (χ1) is 6.61. The zero-order valence-electron chi connectivity index (χ0n) is 7.46. The Labute approximate surface area is 86.8 Å². The van der Waals surface area contributed by atoms with Gasteiger partial charge in [-0.2, -0.15) is 0 Å². The van der Waals surface area contributed by atoms with Crippen LogP contribution in [-0.4, -0.2) is 17.4 Å². The van der Waals surface area contributed by atoms with E-state index in [2.05, 4.69) is 16.9 Å². The lowest BCUT2D eigenvalue weighted by molar-refractivity contribution is 0.100. The Hall–Kier alpha value is -1.55. The number of nitrogens with zero attached hydrogens (tertiary/aromatic N) is 1. The van der Waals surface area contributed by atoms with E-state index < -0.39 is 5.91 Å². The maximum Gasteiger partial charge on any atom is 0.252 e. The van der Waals surface area contributed by atoms with E-state index >= 15 is 0 Å². The lowest BCUT2D eigenvalue weighted by atomic mass is 10.2. The highest BCUT2D eigenvalue weighted by Crippen LogP contribution is 2.13. The van der Waals surface area contributed by atoms with Crippen LogP contribution < -0.4 is 11.1 Å². The Morgan fingerprint density at radius 1 is 1.71 bits per heavy atom. The summed E-state index contributed by atoms with van der Waals surface area (Å²) in [5.41, 5.74) is 6.09. The molecule has 1 rings (SSSR count). The van der Waals surface area contributed by atoms with Gasteiger partial charge in [-0.15, -0.1) is 0 Å². The van der Waals surface area contributed by atoms with Gasteiger partial charge in [0.1, 0.15) is 0 Å². The lowest BCUT2D eigenvalue weighted by Crippen LogP contribution is -2.15. The second-order valence-corrected chi connectivity index (χ2v) is 3.19. The van der Waals surface area contributed by atoms with Crippen LogP contribution in [-0.2, 0) is 0 Å². The number of amides is 1. The first kappa shape index (κ1) is 10.5. The summed E-state index contributed by atoms with van der Waals surface area (Å²) in [6.07, 6.45) is 2.97. The summed E-state index contributed by atoms with van der Waals surface area (Å²) in [6, 6.07) is 1.65. The Bertz CT molecular complexity index is 365. The molecule has 4 nitrogen and oxygen atoms in total. The molecule has 0 bridgehead atoms. The van der Waals surface area contributed by atoms with Crippen LogP contribution in [0, 0.1) is 0 Å². The molecule has 1 aromatic rings. The van der Waals surface area contributed by atoms with Gasteiger partial charge in [0.2, 0.25) is 0 Å². The fourth-order valence-electron chi connectivity index (χ4n) is 0.936. The summed E-state index contributed by atoms with van der Waals surface area (Å²) < 4.78 is 0. The summed E-state index contributed by atoms with van der Waals surface area (Å²) in [5.74, 6) is -0.527. The van der Waals surface area contributed by atoms with E-state index in [1.807, 2.05) is 0 Å². The van der Waals surface area contributed by atoms with Gasteiger partial charge in [-0.05, 0) is 6.07 Å². The highest BCUT2D eigenvalue weighted by molar-refractivity contribution is 6.29. The van der Waals surface area contributed by atoms with Crippen molar-refractivity contribution in [2.45, 2.75) is 0 Å². The molecule has 0 aliphatic heterocycles. The number of hydrogen-bond donors (Lipinski definition) is 2. The standard InChI is InChI=1S/C9H10ClN3O/c1-6(10)4-13-8-2-3-12-5-7(8)9(11)14/h2-3,5H,1,4H2,(H2,11,14)(H,12,13). The molecule has 3 N–H and O–H groups in total. The minimum atomic E-state index is -0.527. The minimum absolute atomic E-state index is 0.338. The molecule has 14 heavy (non-hydrogen) atoms. The van der Waals surface area contributed by atoms with Crippen molar-refractivity contribution in [1.29, 1.82) is 0 Å². The van der Waals surface area contributed by atoms with Gasteiger partial charge in [0.05, 0.1) is 17.8 Å². The number of pyridine rings is 1. The van der Waals surface area contributed by atoms with Gasteiger partial charge < -0.3 is 11.1 Å². The molecule has 1 aromatic heterocycles. The van der Waals surface area contributed by atoms with E-state index in [9.17, 15) is 4.79 Å². The third-order valence-corrected chi connectivity index (χ3v) is 1.69. The summed E-state index contributed by atoms with van der Waals surface area (Å²) in [6.45, 7) is 3.90. The van der Waals surface area contributed by atoms with E-state index in [4.69, 9.17) is 17.3 Å². The molecule has 1 amide bonds. The van der Waals surface area contributed by atoms with Crippen molar-refractivity contribution in [2.75, 3.05) is 11.9 Å². The van der Waals surface area contributed by atoms with Gasteiger partial charge in [-0.3, -0.25) is 9.78 Å². The summed E-state index contributed by atoms with van der Waals surface area (Å²) in [7, 11) is 0. The Morgan fingerprint density at radius 2 is 2.43 bits per heavy atom. The number of aromatic nitrogens is 1. The SMILES string of the molecule is C=C(Cl)CNc1ccncc1C(N)=O. The number of primary amides is 1. The molecule has 0 aliphatic rings. The van der Waals surface area contributed by atoms with Crippen molar-refractivity contribution in [2.24, 2.45) is 5.73 Å². The number of nitrogens with one attached hydrogen (secondary N) is 1. The minimum Gasteiger partial charge on any atom is -0.379 e. The summed E-state index contributed by atoms with van der Waals surface area (Å²) in [4.78, 5) is 14.8. The fraction of sp³-hybridized carbons (Fsp3) is 0.111. The van der Waals surface area contributed by atoms with Crippen LogP contribution in [0.3, 0.4) is 0 Å². The van der Waals surface area contributed by atoms with Crippen LogP contribution in [0.5, 0.6) is 0 Å². The van der Waals surface area contributed by atoms with Crippen molar-refractivity contribution in [1.82, 2.24) is 4.98 Å². The molecule has 0 atom stereocenters. The quantitative estimate of drug-likeness (QED) is 0.790. The van der Waals surface area contributed by atoms with Gasteiger partial charge in [0.25, 0.3) is 5.91 Å². The number of rotatable bonds is 4. The van der Waals surface area contributed by atoms with Gasteiger partial charge in [-0.25, -0.2) is 0 Å². The van der Waals surface area contributed by atoms with Crippen molar-refractivity contribution in [3.63, 3.8) is 0 Å². The third-order valence-electron chi connectivity index (χ3n) is 1.56. The normalized spacial score (nSPS) is 9.50. The second-order valence-electron chi connectivity index (χ2n) is 2.66. The van der Waals surface area contributed by atoms with Gasteiger partial charge in [0.15, 0.2) is 0 Å². The fourth-order valence-corrected chi connectivity index (χ4v) is 1.00. The predicted molar refractivity (Wildman–Crippen MR) is 56.2 cm³/mol. The maximum absolute atomic E-state index is 11.0. The molecule has 0 saturated carbocycles. The van der Waals surface area contributed by atoms with E-state index in [-0.39, 0.29) is 0 Å². The molecule has 1 heterocycles. The van der Waals surface area contributed by atoms with Crippen molar-refractivity contribution < 1.29 is 4.79 Å². The van der Waals surface area contributed by atoms with Crippen molar-refractivity contribution >= 4 is 23.2 Å². The van der Waals surface area contributed by atoms with Crippen LogP contribution in [0.15, 0.2) is 30.1 Å². The van der Waals surface area contributed by atoms with Crippen LogP contribution in [0.2, 0.25) is 0 Å². The van der Waals surface area contributed by atoms with E-state index in [0.29, 0.717) is 22.8 Å². The molecule has 0 unspecified atom stereocenters. The molecule has 0 spiro atoms. The van der Waals surface area contributed by atoms with E-state index in [1.165, 1.54) is 6.20 Å². The molecule has 0 aliphatic carbocycles. The molecule has 0 fully saturated rings. The largest absolute Gasteiger partial charge is 0.379 e. The molecule has 74 valence electrons. The van der Waals surface area contributed by atoms with Crippen molar-refractivity contribution in [3.8, 4) is 0 Å². The molecule has 5 heteroatoms. The molecule has 0 radical (unpaired) electrons. The van der Waals surface area contributed by atoms with Crippen LogP contribution in [0.1, 0.15) is 10.4 Å². The number of halogens is 1. The molecular formula is C9H10ClN3O. The van der Waals surface area contributed by atoms with Crippen molar-refractivity contribution in [3.05, 3.63) is 35.6 Å². The van der Waals surface area contributed by atoms with Gasteiger partial charge in [0, 0.05) is 17.4 Å². The zero-order valence-corrected chi connectivity index (χ0v) is 8.21. The first-order valence-electron chi connectivity index (χ1n) is 3.92. The Balaban J connectivity index is 2.84. The lowest BCUT2D eigenvalue weighted by Gasteiger charge is -2.07. The first-order valence-corrected chi connectivity index (χ1v) is 4.30. The average Bonchev–Trinajstić information content (AvgIpc) is 2.15. The number of nitrogens with two attached hydrogens (primary N) is 1. The van der Waals surface area contributed by atoms with Gasteiger partial charge in [-0.1, -0.05) is 18.2 Å². The monoisotopic (exact) mass is 211 g/mol.